The molecule has 0 saturated carbocycles. The highest BCUT2D eigenvalue weighted by Gasteiger charge is 2.13. The van der Waals surface area contributed by atoms with Gasteiger partial charge in [0.1, 0.15) is 0 Å². The molecule has 2 N–H and O–H groups in total. The summed E-state index contributed by atoms with van der Waals surface area (Å²) in [7, 11) is 0. The van der Waals surface area contributed by atoms with Crippen molar-refractivity contribution >= 4 is 5.69 Å². The highest BCUT2D eigenvalue weighted by Crippen LogP contribution is 2.39. The van der Waals surface area contributed by atoms with Crippen LogP contribution in [0.4, 0.5) is 5.69 Å². The molecule has 3 nitrogen and oxygen atoms in total. The molecule has 2 heterocycles. The minimum absolute atomic E-state index is 0.748. The summed E-state index contributed by atoms with van der Waals surface area (Å²) in [5.74, 6) is 0. The van der Waals surface area contributed by atoms with E-state index in [2.05, 4.69) is 41.2 Å². The molecule has 0 saturated heterocycles. The topological polar surface area (TPSA) is 51.8 Å². The molecule has 0 atom stereocenters. The van der Waals surface area contributed by atoms with Gasteiger partial charge in [0, 0.05) is 30.5 Å². The molecule has 0 spiro atoms. The zero-order valence-electron chi connectivity index (χ0n) is 14.6. The lowest BCUT2D eigenvalue weighted by molar-refractivity contribution is 1.33. The van der Waals surface area contributed by atoms with Crippen LogP contribution < -0.4 is 5.73 Å². The van der Waals surface area contributed by atoms with Crippen molar-refractivity contribution < 1.29 is 0 Å². The Kier molecular flexibility index (Phi) is 4.20. The van der Waals surface area contributed by atoms with Crippen LogP contribution in [-0.2, 0) is 0 Å². The number of aryl methyl sites for hydroxylation is 1. The van der Waals surface area contributed by atoms with Gasteiger partial charge in [-0.15, -0.1) is 0 Å². The molecule has 3 heteroatoms. The average Bonchev–Trinajstić information content (AvgIpc) is 2.69. The number of benzene rings is 2. The summed E-state index contributed by atoms with van der Waals surface area (Å²) < 4.78 is 0. The third kappa shape index (κ3) is 3.07. The third-order valence-electron chi connectivity index (χ3n) is 4.49. The Morgan fingerprint density at radius 2 is 1.08 bits per heavy atom. The highest BCUT2D eigenvalue weighted by atomic mass is 14.6. The van der Waals surface area contributed by atoms with E-state index in [4.69, 9.17) is 5.73 Å². The number of nitrogens with zero attached hydrogens (tertiary/aromatic N) is 2. The molecule has 26 heavy (non-hydrogen) atoms. The van der Waals surface area contributed by atoms with Crippen molar-refractivity contribution in [1.29, 1.82) is 0 Å². The van der Waals surface area contributed by atoms with Crippen molar-refractivity contribution in [2.45, 2.75) is 6.92 Å². The lowest BCUT2D eigenvalue weighted by Crippen LogP contribution is -1.93. The molecule has 0 amide bonds. The van der Waals surface area contributed by atoms with Gasteiger partial charge in [0.05, 0.1) is 0 Å². The van der Waals surface area contributed by atoms with E-state index in [1.54, 1.807) is 12.4 Å². The standard InChI is InChI=1S/C23H19N3/c1-16-2-4-20(22(14-16)17-6-10-25-11-7-17)21-5-3-19(24)15-23(21)18-8-12-26-13-9-18/h2-15H,24H2,1H3. The largest absolute Gasteiger partial charge is 0.399 e. The van der Waals surface area contributed by atoms with Crippen molar-refractivity contribution in [3.63, 3.8) is 0 Å². The Balaban J connectivity index is 1.98. The van der Waals surface area contributed by atoms with Gasteiger partial charge in [0.2, 0.25) is 0 Å². The normalized spacial score (nSPS) is 10.7. The summed E-state index contributed by atoms with van der Waals surface area (Å²) >= 11 is 0. The lowest BCUT2D eigenvalue weighted by Gasteiger charge is -2.16. The Labute approximate surface area is 153 Å². The van der Waals surface area contributed by atoms with Crippen molar-refractivity contribution in [3.05, 3.63) is 91.0 Å². The fourth-order valence-electron chi connectivity index (χ4n) is 3.23. The summed E-state index contributed by atoms with van der Waals surface area (Å²) in [5.41, 5.74) is 14.9. The maximum atomic E-state index is 6.09. The third-order valence-corrected chi connectivity index (χ3v) is 4.49. The molecule has 4 aromatic rings. The zero-order valence-corrected chi connectivity index (χ0v) is 14.6. The second kappa shape index (κ2) is 6.81. The first-order valence-electron chi connectivity index (χ1n) is 8.54. The van der Waals surface area contributed by atoms with Crippen molar-refractivity contribution in [3.8, 4) is 33.4 Å². The number of hydrogen-bond donors (Lipinski definition) is 1. The SMILES string of the molecule is Cc1ccc(-c2ccc(N)cc2-c2ccncc2)c(-c2ccncc2)c1. The number of nitrogens with two attached hydrogens (primary N) is 1. The van der Waals surface area contributed by atoms with Gasteiger partial charge in [0.25, 0.3) is 0 Å². The number of anilines is 1. The number of aromatic nitrogens is 2. The van der Waals surface area contributed by atoms with Crippen LogP contribution in [0.2, 0.25) is 0 Å². The van der Waals surface area contributed by atoms with Crippen LogP contribution in [0.1, 0.15) is 5.56 Å². The zero-order chi connectivity index (χ0) is 17.9. The Bertz CT molecular complexity index is 955. The fraction of sp³-hybridized carbons (Fsp3) is 0.0435. The monoisotopic (exact) mass is 337 g/mol. The summed E-state index contributed by atoms with van der Waals surface area (Å²) in [6.07, 6.45) is 7.27. The first-order chi connectivity index (χ1) is 12.7. The van der Waals surface area contributed by atoms with E-state index in [0.717, 1.165) is 27.9 Å². The first kappa shape index (κ1) is 16.0. The number of pyridine rings is 2. The minimum atomic E-state index is 0.748. The van der Waals surface area contributed by atoms with E-state index in [0.29, 0.717) is 0 Å². The molecule has 0 aliphatic rings. The van der Waals surface area contributed by atoms with Gasteiger partial charge in [0.15, 0.2) is 0 Å². The minimum Gasteiger partial charge on any atom is -0.399 e. The molecule has 126 valence electrons. The summed E-state index contributed by atoms with van der Waals surface area (Å²) in [5, 5.41) is 0. The highest BCUT2D eigenvalue weighted by molar-refractivity contribution is 5.92. The molecule has 0 unspecified atom stereocenters. The van der Waals surface area contributed by atoms with Crippen LogP contribution in [-0.4, -0.2) is 9.97 Å². The fourth-order valence-corrected chi connectivity index (χ4v) is 3.23. The summed E-state index contributed by atoms with van der Waals surface area (Å²) in [4.78, 5) is 8.28. The van der Waals surface area contributed by atoms with Gasteiger partial charge in [-0.1, -0.05) is 29.8 Å². The Hall–Kier alpha value is -3.46. The average molecular weight is 337 g/mol. The molecular formula is C23H19N3. The van der Waals surface area contributed by atoms with E-state index < -0.39 is 0 Å². The van der Waals surface area contributed by atoms with Crippen LogP contribution in [0, 0.1) is 6.92 Å². The molecule has 0 aliphatic carbocycles. The van der Waals surface area contributed by atoms with Gasteiger partial charge in [-0.3, -0.25) is 9.97 Å². The van der Waals surface area contributed by atoms with Gasteiger partial charge in [-0.05, 0) is 76.7 Å². The summed E-state index contributed by atoms with van der Waals surface area (Å²) in [6.45, 7) is 2.11. The summed E-state index contributed by atoms with van der Waals surface area (Å²) in [6, 6.07) is 20.7. The number of nitrogen functional groups attached to an aromatic ring is 1. The molecule has 2 aromatic heterocycles. The molecular weight excluding hydrogens is 318 g/mol. The van der Waals surface area contributed by atoms with E-state index in [9.17, 15) is 0 Å². The number of rotatable bonds is 3. The number of hydrogen-bond acceptors (Lipinski definition) is 3. The van der Waals surface area contributed by atoms with Gasteiger partial charge in [-0.25, -0.2) is 0 Å². The molecule has 4 rings (SSSR count). The van der Waals surface area contributed by atoms with Crippen molar-refractivity contribution in [2.24, 2.45) is 0 Å². The van der Waals surface area contributed by atoms with E-state index >= 15 is 0 Å². The smallest absolute Gasteiger partial charge is 0.0320 e. The lowest BCUT2D eigenvalue weighted by atomic mass is 9.89. The van der Waals surface area contributed by atoms with E-state index in [-0.39, 0.29) is 0 Å². The molecule has 0 fully saturated rings. The second-order valence-electron chi connectivity index (χ2n) is 6.33. The van der Waals surface area contributed by atoms with Crippen LogP contribution in [0.15, 0.2) is 85.5 Å². The van der Waals surface area contributed by atoms with E-state index in [1.807, 2.05) is 48.8 Å². The Morgan fingerprint density at radius 3 is 1.65 bits per heavy atom. The quantitative estimate of drug-likeness (QED) is 0.511. The van der Waals surface area contributed by atoms with Crippen molar-refractivity contribution in [1.82, 2.24) is 9.97 Å². The molecule has 2 aromatic carbocycles. The molecule has 0 bridgehead atoms. The molecule has 0 radical (unpaired) electrons. The van der Waals surface area contributed by atoms with Crippen LogP contribution in [0.3, 0.4) is 0 Å². The predicted molar refractivity (Wildman–Crippen MR) is 107 cm³/mol. The van der Waals surface area contributed by atoms with Crippen molar-refractivity contribution in [2.75, 3.05) is 5.73 Å². The maximum absolute atomic E-state index is 6.09. The molecule has 0 aliphatic heterocycles. The van der Waals surface area contributed by atoms with E-state index in [1.165, 1.54) is 16.7 Å². The van der Waals surface area contributed by atoms with Gasteiger partial charge in [-0.2, -0.15) is 0 Å². The van der Waals surface area contributed by atoms with Gasteiger partial charge < -0.3 is 5.73 Å². The van der Waals surface area contributed by atoms with Crippen LogP contribution >= 0.6 is 0 Å². The van der Waals surface area contributed by atoms with Crippen LogP contribution in [0.25, 0.3) is 33.4 Å². The van der Waals surface area contributed by atoms with Crippen LogP contribution in [0.5, 0.6) is 0 Å². The maximum Gasteiger partial charge on any atom is 0.0320 e. The van der Waals surface area contributed by atoms with Gasteiger partial charge >= 0.3 is 0 Å². The first-order valence-corrected chi connectivity index (χ1v) is 8.54. The second-order valence-corrected chi connectivity index (χ2v) is 6.33. The predicted octanol–water partition coefficient (Wildman–Crippen LogP) is 5.37. The Morgan fingerprint density at radius 1 is 0.577 bits per heavy atom.